The number of nitrogens with one attached hydrogen (secondary N) is 1. The second kappa shape index (κ2) is 5.40. The summed E-state index contributed by atoms with van der Waals surface area (Å²) in [6, 6.07) is 3.67. The van der Waals surface area contributed by atoms with Crippen LogP contribution < -0.4 is 11.1 Å². The molecule has 0 aliphatic heterocycles. The molecular formula is C14H17N3OS. The van der Waals surface area contributed by atoms with Crippen molar-refractivity contribution < 1.29 is 4.79 Å². The van der Waals surface area contributed by atoms with Crippen molar-refractivity contribution >= 4 is 22.9 Å². The molecule has 0 atom stereocenters. The first kappa shape index (κ1) is 13.5. The van der Waals surface area contributed by atoms with Crippen molar-refractivity contribution in [2.24, 2.45) is 0 Å². The summed E-state index contributed by atoms with van der Waals surface area (Å²) in [6.07, 6.45) is 1.79. The number of nitrogens with two attached hydrogens (primary N) is 1. The molecule has 1 heterocycles. The quantitative estimate of drug-likeness (QED) is 0.846. The van der Waals surface area contributed by atoms with Crippen molar-refractivity contribution in [3.63, 3.8) is 0 Å². The Labute approximate surface area is 116 Å². The second-order valence-corrected chi connectivity index (χ2v) is 5.87. The van der Waals surface area contributed by atoms with Crippen LogP contribution in [-0.2, 0) is 6.54 Å². The molecule has 1 aromatic carbocycles. The number of anilines is 1. The maximum atomic E-state index is 12.1. The predicted octanol–water partition coefficient (Wildman–Crippen LogP) is 2.58. The van der Waals surface area contributed by atoms with E-state index in [0.717, 1.165) is 21.0 Å². The third-order valence-corrected chi connectivity index (χ3v) is 3.86. The van der Waals surface area contributed by atoms with E-state index in [4.69, 9.17) is 5.73 Å². The van der Waals surface area contributed by atoms with Crippen LogP contribution in [-0.4, -0.2) is 10.9 Å². The number of hydrogen-bond acceptors (Lipinski definition) is 4. The number of aryl methyl sites for hydroxylation is 3. The van der Waals surface area contributed by atoms with Crippen LogP contribution in [0.2, 0.25) is 0 Å². The molecule has 0 bridgehead atoms. The van der Waals surface area contributed by atoms with Gasteiger partial charge in [0, 0.05) is 22.3 Å². The fourth-order valence-corrected chi connectivity index (χ4v) is 2.60. The first-order chi connectivity index (χ1) is 8.97. The SMILES string of the molecule is Cc1ncc(CNC(=O)c2cc(N)c(C)cc2C)s1. The summed E-state index contributed by atoms with van der Waals surface area (Å²) in [6.45, 7) is 6.29. The number of benzene rings is 1. The van der Waals surface area contributed by atoms with E-state index in [9.17, 15) is 4.79 Å². The Bertz CT molecular complexity index is 619. The molecule has 2 aromatic rings. The lowest BCUT2D eigenvalue weighted by atomic mass is 10.0. The van der Waals surface area contributed by atoms with Crippen LogP contribution in [0.25, 0.3) is 0 Å². The maximum absolute atomic E-state index is 12.1. The van der Waals surface area contributed by atoms with E-state index in [1.54, 1.807) is 23.6 Å². The lowest BCUT2D eigenvalue weighted by molar-refractivity contribution is 0.0950. The van der Waals surface area contributed by atoms with Gasteiger partial charge in [0.2, 0.25) is 0 Å². The van der Waals surface area contributed by atoms with Crippen molar-refractivity contribution in [3.8, 4) is 0 Å². The molecule has 0 aliphatic rings. The molecule has 5 heteroatoms. The third kappa shape index (κ3) is 3.12. The molecule has 0 spiro atoms. The minimum Gasteiger partial charge on any atom is -0.398 e. The van der Waals surface area contributed by atoms with Gasteiger partial charge in [0.05, 0.1) is 11.6 Å². The number of amides is 1. The Morgan fingerprint density at radius 3 is 2.68 bits per heavy atom. The lowest BCUT2D eigenvalue weighted by Crippen LogP contribution is -2.23. The highest BCUT2D eigenvalue weighted by atomic mass is 32.1. The molecule has 0 saturated heterocycles. The zero-order chi connectivity index (χ0) is 14.0. The van der Waals surface area contributed by atoms with Gasteiger partial charge in [0.1, 0.15) is 0 Å². The summed E-state index contributed by atoms with van der Waals surface area (Å²) in [5.41, 5.74) is 9.05. The standard InChI is InChI=1S/C14H17N3OS/c1-8-4-9(2)13(15)5-12(8)14(18)17-7-11-6-16-10(3)19-11/h4-6H,7,15H2,1-3H3,(H,17,18). The van der Waals surface area contributed by atoms with Gasteiger partial charge in [-0.3, -0.25) is 4.79 Å². The highest BCUT2D eigenvalue weighted by molar-refractivity contribution is 7.11. The van der Waals surface area contributed by atoms with Crippen LogP contribution in [0.5, 0.6) is 0 Å². The van der Waals surface area contributed by atoms with Gasteiger partial charge >= 0.3 is 0 Å². The van der Waals surface area contributed by atoms with Gasteiger partial charge in [-0.05, 0) is 38.0 Å². The zero-order valence-electron chi connectivity index (χ0n) is 11.3. The maximum Gasteiger partial charge on any atom is 0.251 e. The topological polar surface area (TPSA) is 68.0 Å². The minimum absolute atomic E-state index is 0.102. The summed E-state index contributed by atoms with van der Waals surface area (Å²) < 4.78 is 0. The van der Waals surface area contributed by atoms with E-state index in [-0.39, 0.29) is 5.91 Å². The van der Waals surface area contributed by atoms with Crippen LogP contribution in [0.1, 0.15) is 31.4 Å². The Kier molecular flexibility index (Phi) is 3.85. The van der Waals surface area contributed by atoms with Gasteiger partial charge in [0.15, 0.2) is 0 Å². The number of carbonyl (C=O) groups is 1. The number of thiazole rings is 1. The molecule has 0 unspecified atom stereocenters. The van der Waals surface area contributed by atoms with Crippen molar-refractivity contribution in [1.29, 1.82) is 0 Å². The van der Waals surface area contributed by atoms with Gasteiger partial charge in [-0.2, -0.15) is 0 Å². The smallest absolute Gasteiger partial charge is 0.251 e. The largest absolute Gasteiger partial charge is 0.398 e. The predicted molar refractivity (Wildman–Crippen MR) is 78.3 cm³/mol. The number of aromatic nitrogens is 1. The van der Waals surface area contributed by atoms with Crippen molar-refractivity contribution in [2.75, 3.05) is 5.73 Å². The monoisotopic (exact) mass is 275 g/mol. The highest BCUT2D eigenvalue weighted by Gasteiger charge is 2.11. The molecule has 1 aromatic heterocycles. The first-order valence-corrected chi connectivity index (χ1v) is 6.85. The van der Waals surface area contributed by atoms with Crippen molar-refractivity contribution in [3.05, 3.63) is 44.9 Å². The Morgan fingerprint density at radius 1 is 1.32 bits per heavy atom. The molecule has 2 rings (SSSR count). The molecule has 19 heavy (non-hydrogen) atoms. The number of nitrogen functional groups attached to an aromatic ring is 1. The van der Waals surface area contributed by atoms with Crippen LogP contribution in [0, 0.1) is 20.8 Å². The normalized spacial score (nSPS) is 10.5. The summed E-state index contributed by atoms with van der Waals surface area (Å²) in [7, 11) is 0. The molecule has 4 nitrogen and oxygen atoms in total. The van der Waals surface area contributed by atoms with E-state index >= 15 is 0 Å². The second-order valence-electron chi connectivity index (χ2n) is 4.55. The molecule has 0 radical (unpaired) electrons. The number of hydrogen-bond donors (Lipinski definition) is 2. The van der Waals surface area contributed by atoms with Gasteiger partial charge in [0.25, 0.3) is 5.91 Å². The van der Waals surface area contributed by atoms with E-state index in [1.165, 1.54) is 0 Å². The van der Waals surface area contributed by atoms with E-state index < -0.39 is 0 Å². The highest BCUT2D eigenvalue weighted by Crippen LogP contribution is 2.18. The van der Waals surface area contributed by atoms with E-state index in [1.807, 2.05) is 26.8 Å². The first-order valence-electron chi connectivity index (χ1n) is 6.03. The molecule has 0 aliphatic carbocycles. The fraction of sp³-hybridized carbons (Fsp3) is 0.286. The summed E-state index contributed by atoms with van der Waals surface area (Å²) >= 11 is 1.58. The zero-order valence-corrected chi connectivity index (χ0v) is 12.1. The molecule has 0 fully saturated rings. The van der Waals surface area contributed by atoms with E-state index in [0.29, 0.717) is 17.8 Å². The summed E-state index contributed by atoms with van der Waals surface area (Å²) in [5, 5.41) is 3.89. The number of carbonyl (C=O) groups excluding carboxylic acids is 1. The van der Waals surface area contributed by atoms with Crippen molar-refractivity contribution in [1.82, 2.24) is 10.3 Å². The van der Waals surface area contributed by atoms with Crippen LogP contribution in [0.4, 0.5) is 5.69 Å². The van der Waals surface area contributed by atoms with Crippen LogP contribution >= 0.6 is 11.3 Å². The van der Waals surface area contributed by atoms with Gasteiger partial charge in [-0.15, -0.1) is 11.3 Å². The molecule has 100 valence electrons. The summed E-state index contributed by atoms with van der Waals surface area (Å²) in [4.78, 5) is 17.3. The Hall–Kier alpha value is -1.88. The van der Waals surface area contributed by atoms with E-state index in [2.05, 4.69) is 10.3 Å². The van der Waals surface area contributed by atoms with Gasteiger partial charge < -0.3 is 11.1 Å². The lowest BCUT2D eigenvalue weighted by Gasteiger charge is -2.09. The average Bonchev–Trinajstić information content (AvgIpc) is 2.77. The molecule has 3 N–H and O–H groups in total. The van der Waals surface area contributed by atoms with Gasteiger partial charge in [-0.1, -0.05) is 6.07 Å². The Morgan fingerprint density at radius 2 is 2.05 bits per heavy atom. The Balaban J connectivity index is 2.10. The molecule has 1 amide bonds. The average molecular weight is 275 g/mol. The molecular weight excluding hydrogens is 258 g/mol. The van der Waals surface area contributed by atoms with Crippen LogP contribution in [0.15, 0.2) is 18.3 Å². The summed E-state index contributed by atoms with van der Waals surface area (Å²) in [5.74, 6) is -0.102. The number of nitrogens with zero attached hydrogens (tertiary/aromatic N) is 1. The number of rotatable bonds is 3. The fourth-order valence-electron chi connectivity index (χ4n) is 1.86. The third-order valence-electron chi connectivity index (χ3n) is 2.95. The molecule has 0 saturated carbocycles. The van der Waals surface area contributed by atoms with Crippen LogP contribution in [0.3, 0.4) is 0 Å². The van der Waals surface area contributed by atoms with Gasteiger partial charge in [-0.25, -0.2) is 4.98 Å². The van der Waals surface area contributed by atoms with Crippen molar-refractivity contribution in [2.45, 2.75) is 27.3 Å². The minimum atomic E-state index is -0.102.